The highest BCUT2D eigenvalue weighted by Crippen LogP contribution is 2.25. The molecule has 26 heavy (non-hydrogen) atoms. The molecular weight excluding hydrogens is 375 g/mol. The average Bonchev–Trinajstić information content (AvgIpc) is 3.02. The zero-order valence-corrected chi connectivity index (χ0v) is 16.5. The van der Waals surface area contributed by atoms with Gasteiger partial charge in [-0.1, -0.05) is 28.4 Å². The van der Waals surface area contributed by atoms with E-state index in [0.717, 1.165) is 44.2 Å². The molecule has 1 aromatic heterocycles. The number of halogens is 2. The molecule has 1 amide bonds. The van der Waals surface area contributed by atoms with Crippen LogP contribution in [0.5, 0.6) is 0 Å². The number of carbonyl (C=O) groups is 1. The number of rotatable bonds is 5. The van der Waals surface area contributed by atoms with Gasteiger partial charge in [0, 0.05) is 11.1 Å². The molecule has 1 aliphatic rings. The Kier molecular flexibility index (Phi) is 6.19. The molecule has 2 heterocycles. The predicted octanol–water partition coefficient (Wildman–Crippen LogP) is 0.600. The van der Waals surface area contributed by atoms with Gasteiger partial charge in [-0.3, -0.25) is 4.79 Å². The molecule has 1 aromatic carbocycles. The topological polar surface area (TPSA) is 64.0 Å². The lowest BCUT2D eigenvalue weighted by Crippen LogP contribution is -3.29. The number of amides is 1. The number of benzene rings is 1. The van der Waals surface area contributed by atoms with Crippen molar-refractivity contribution in [3.8, 4) is 0 Å². The van der Waals surface area contributed by atoms with Crippen LogP contribution in [0, 0.1) is 6.92 Å². The molecule has 0 bridgehead atoms. The fraction of sp³-hybridized carbons (Fsp3) is 0.444. The third kappa shape index (κ3) is 4.76. The number of aromatic nitrogens is 1. The summed E-state index contributed by atoms with van der Waals surface area (Å²) < 4.78 is 5.13. The van der Waals surface area contributed by atoms with E-state index in [-0.39, 0.29) is 11.9 Å². The van der Waals surface area contributed by atoms with Crippen molar-refractivity contribution in [1.29, 1.82) is 0 Å². The summed E-state index contributed by atoms with van der Waals surface area (Å²) in [6.45, 7) is 8.61. The van der Waals surface area contributed by atoms with Crippen LogP contribution >= 0.6 is 23.2 Å². The smallest absolute Gasteiger partial charge is 0.282 e. The van der Waals surface area contributed by atoms with Crippen LogP contribution in [-0.2, 0) is 11.3 Å². The van der Waals surface area contributed by atoms with Gasteiger partial charge >= 0.3 is 0 Å². The molecule has 1 aliphatic heterocycles. The minimum atomic E-state index is -0.141. The van der Waals surface area contributed by atoms with Crippen molar-refractivity contribution in [1.82, 2.24) is 5.16 Å². The molecule has 0 spiro atoms. The van der Waals surface area contributed by atoms with E-state index < -0.39 is 0 Å². The van der Waals surface area contributed by atoms with E-state index in [0.29, 0.717) is 15.7 Å². The average molecular weight is 399 g/mol. The van der Waals surface area contributed by atoms with Crippen LogP contribution in [0.1, 0.15) is 18.4 Å². The Morgan fingerprint density at radius 3 is 2.62 bits per heavy atom. The largest absolute Gasteiger partial charge is 0.361 e. The van der Waals surface area contributed by atoms with E-state index in [1.807, 2.05) is 19.9 Å². The maximum Gasteiger partial charge on any atom is 0.282 e. The highest BCUT2D eigenvalue weighted by Gasteiger charge is 2.31. The summed E-state index contributed by atoms with van der Waals surface area (Å²) in [6.07, 6.45) is 0. The first-order valence-corrected chi connectivity index (χ1v) is 9.54. The lowest BCUT2D eigenvalue weighted by Gasteiger charge is -2.32. The maximum atomic E-state index is 12.6. The second kappa shape index (κ2) is 8.39. The van der Waals surface area contributed by atoms with Crippen LogP contribution in [-0.4, -0.2) is 43.3 Å². The second-order valence-electron chi connectivity index (χ2n) is 6.85. The molecule has 0 unspecified atom stereocenters. The van der Waals surface area contributed by atoms with Gasteiger partial charge in [0.15, 0.2) is 6.04 Å². The Hall–Kier alpha value is -1.60. The Labute approximate surface area is 163 Å². The van der Waals surface area contributed by atoms with Crippen LogP contribution in [0.25, 0.3) is 0 Å². The SMILES string of the molecule is Cc1cc(C[NH+]2CC[NH+]([C@@H](C)C(=O)Nc3ccc(Cl)cc3Cl)CC2)no1. The summed E-state index contributed by atoms with van der Waals surface area (Å²) in [6, 6.07) is 6.92. The fourth-order valence-corrected chi connectivity index (χ4v) is 3.76. The van der Waals surface area contributed by atoms with Gasteiger partial charge in [0.1, 0.15) is 44.2 Å². The van der Waals surface area contributed by atoms with E-state index in [9.17, 15) is 4.79 Å². The van der Waals surface area contributed by atoms with E-state index in [2.05, 4.69) is 10.5 Å². The molecule has 1 saturated heterocycles. The third-order valence-electron chi connectivity index (χ3n) is 4.90. The summed E-state index contributed by atoms with van der Waals surface area (Å²) >= 11 is 12.0. The molecule has 3 N–H and O–H groups in total. The zero-order valence-electron chi connectivity index (χ0n) is 14.9. The first kappa shape index (κ1) is 19.2. The molecule has 0 saturated carbocycles. The first-order valence-electron chi connectivity index (χ1n) is 8.78. The number of hydrogen-bond donors (Lipinski definition) is 3. The van der Waals surface area contributed by atoms with Crippen LogP contribution in [0.15, 0.2) is 28.8 Å². The number of nitrogens with zero attached hydrogens (tertiary/aromatic N) is 1. The fourth-order valence-electron chi connectivity index (χ4n) is 3.31. The molecule has 1 atom stereocenters. The minimum Gasteiger partial charge on any atom is -0.361 e. The van der Waals surface area contributed by atoms with Crippen molar-refractivity contribution in [3.63, 3.8) is 0 Å². The van der Waals surface area contributed by atoms with Crippen molar-refractivity contribution in [2.75, 3.05) is 31.5 Å². The van der Waals surface area contributed by atoms with Crippen molar-refractivity contribution in [2.45, 2.75) is 26.4 Å². The Morgan fingerprint density at radius 2 is 2.00 bits per heavy atom. The number of piperazine rings is 1. The summed E-state index contributed by atoms with van der Waals surface area (Å²) in [5.74, 6) is 0.814. The monoisotopic (exact) mass is 398 g/mol. The van der Waals surface area contributed by atoms with Gasteiger partial charge in [-0.2, -0.15) is 0 Å². The first-order chi connectivity index (χ1) is 12.4. The van der Waals surface area contributed by atoms with Crippen molar-refractivity contribution >= 4 is 34.8 Å². The third-order valence-corrected chi connectivity index (χ3v) is 5.45. The van der Waals surface area contributed by atoms with Gasteiger partial charge in [0.25, 0.3) is 5.91 Å². The number of carbonyl (C=O) groups excluding carboxylic acids is 1. The number of anilines is 1. The second-order valence-corrected chi connectivity index (χ2v) is 7.69. The standard InChI is InChI=1S/C18H22Cl2N4O2/c1-12-9-15(22-26-12)11-23-5-7-24(8-6-23)13(2)18(25)21-17-4-3-14(19)10-16(17)20/h3-4,9-10,13H,5-8,11H2,1-2H3,(H,21,25)/p+2/t13-/m0/s1. The lowest BCUT2D eigenvalue weighted by molar-refractivity contribution is -1.02. The highest BCUT2D eigenvalue weighted by molar-refractivity contribution is 6.36. The minimum absolute atomic E-state index is 0.0280. The number of quaternary nitrogens is 2. The maximum absolute atomic E-state index is 12.6. The molecule has 2 aromatic rings. The van der Waals surface area contributed by atoms with Crippen LogP contribution in [0.2, 0.25) is 10.0 Å². The predicted molar refractivity (Wildman–Crippen MR) is 101 cm³/mol. The molecule has 8 heteroatoms. The van der Waals surface area contributed by atoms with Crippen LogP contribution < -0.4 is 15.1 Å². The van der Waals surface area contributed by atoms with Gasteiger partial charge in [0.2, 0.25) is 0 Å². The summed E-state index contributed by atoms with van der Waals surface area (Å²) in [5.41, 5.74) is 1.59. The molecule has 3 rings (SSSR count). The van der Waals surface area contributed by atoms with Crippen LogP contribution in [0.3, 0.4) is 0 Å². The Bertz CT molecular complexity index is 772. The number of hydrogen-bond acceptors (Lipinski definition) is 3. The van der Waals surface area contributed by atoms with Gasteiger partial charge in [-0.05, 0) is 32.0 Å². The molecule has 0 aliphatic carbocycles. The lowest BCUT2D eigenvalue weighted by atomic mass is 10.2. The van der Waals surface area contributed by atoms with Crippen LogP contribution in [0.4, 0.5) is 5.69 Å². The molecular formula is C18H24Cl2N4O2+2. The van der Waals surface area contributed by atoms with Crippen molar-refractivity contribution in [2.24, 2.45) is 0 Å². The summed E-state index contributed by atoms with van der Waals surface area (Å²) in [5, 5.41) is 7.97. The van der Waals surface area contributed by atoms with Gasteiger partial charge < -0.3 is 19.6 Å². The molecule has 0 radical (unpaired) electrons. The zero-order chi connectivity index (χ0) is 18.7. The van der Waals surface area contributed by atoms with Gasteiger partial charge in [-0.25, -0.2) is 0 Å². The number of aryl methyl sites for hydroxylation is 1. The van der Waals surface area contributed by atoms with E-state index in [1.54, 1.807) is 18.2 Å². The van der Waals surface area contributed by atoms with E-state index in [1.165, 1.54) is 9.80 Å². The van der Waals surface area contributed by atoms with E-state index in [4.69, 9.17) is 27.7 Å². The normalized spacial score (nSPS) is 21.4. The van der Waals surface area contributed by atoms with Gasteiger partial charge in [-0.15, -0.1) is 0 Å². The quantitative estimate of drug-likeness (QED) is 0.690. The molecule has 6 nitrogen and oxygen atoms in total. The van der Waals surface area contributed by atoms with Crippen molar-refractivity contribution < 1.29 is 19.1 Å². The Morgan fingerprint density at radius 1 is 1.27 bits per heavy atom. The Balaban J connectivity index is 1.51. The highest BCUT2D eigenvalue weighted by atomic mass is 35.5. The summed E-state index contributed by atoms with van der Waals surface area (Å²) in [4.78, 5) is 15.3. The summed E-state index contributed by atoms with van der Waals surface area (Å²) in [7, 11) is 0. The molecule has 140 valence electrons. The van der Waals surface area contributed by atoms with E-state index >= 15 is 0 Å². The van der Waals surface area contributed by atoms with Gasteiger partial charge in [0.05, 0.1) is 10.7 Å². The van der Waals surface area contributed by atoms with Crippen molar-refractivity contribution in [3.05, 3.63) is 45.8 Å². The number of nitrogens with one attached hydrogen (secondary N) is 3. The molecule has 1 fully saturated rings.